The quantitative estimate of drug-likeness (QED) is 0.773. The van der Waals surface area contributed by atoms with Gasteiger partial charge in [-0.2, -0.15) is 0 Å². The Balaban J connectivity index is 1.99. The van der Waals surface area contributed by atoms with Crippen molar-refractivity contribution in [2.45, 2.75) is 33.1 Å². The first-order chi connectivity index (χ1) is 10.1. The van der Waals surface area contributed by atoms with Gasteiger partial charge in [0, 0.05) is 17.3 Å². The van der Waals surface area contributed by atoms with E-state index in [1.165, 1.54) is 0 Å². The molecule has 0 fully saturated rings. The van der Waals surface area contributed by atoms with Crippen LogP contribution in [0.25, 0.3) is 11.0 Å². The zero-order chi connectivity index (χ0) is 15.3. The minimum atomic E-state index is -0.0127. The Morgan fingerprint density at radius 1 is 1.33 bits per heavy atom. The molecule has 1 aromatic heterocycles. The number of carbonyl (C=O) groups is 1. The number of benzene rings is 1. The average molecular weight is 353 g/mol. The maximum Gasteiger partial charge on any atom is 0.226 e. The minimum Gasteiger partial charge on any atom is -0.356 e. The molecule has 0 unspecified atom stereocenters. The fraction of sp³-hybridized carbons (Fsp3) is 0.500. The molecule has 4 nitrogen and oxygen atoms in total. The van der Waals surface area contributed by atoms with Crippen molar-refractivity contribution in [3.63, 3.8) is 0 Å². The maximum absolute atomic E-state index is 12.1. The highest BCUT2D eigenvalue weighted by Gasteiger charge is 2.25. The number of alkyl halides is 1. The Hall–Kier alpha value is -1.36. The van der Waals surface area contributed by atoms with Gasteiger partial charge < -0.3 is 9.84 Å². The number of para-hydroxylation sites is 1. The van der Waals surface area contributed by atoms with Crippen LogP contribution in [0.15, 0.2) is 28.8 Å². The van der Waals surface area contributed by atoms with Gasteiger partial charge >= 0.3 is 0 Å². The zero-order valence-corrected chi connectivity index (χ0v) is 14.1. The summed E-state index contributed by atoms with van der Waals surface area (Å²) in [5, 5.41) is 8.82. The van der Waals surface area contributed by atoms with Crippen molar-refractivity contribution >= 4 is 32.8 Å². The fourth-order valence-corrected chi connectivity index (χ4v) is 3.29. The third kappa shape index (κ3) is 3.64. The van der Waals surface area contributed by atoms with Gasteiger partial charge in [-0.25, -0.2) is 0 Å². The second-order valence-corrected chi connectivity index (χ2v) is 5.98. The van der Waals surface area contributed by atoms with Crippen molar-refractivity contribution in [3.05, 3.63) is 30.0 Å². The monoisotopic (exact) mass is 352 g/mol. The molecule has 0 spiro atoms. The number of hydrogen-bond acceptors (Lipinski definition) is 3. The highest BCUT2D eigenvalue weighted by atomic mass is 79.9. The van der Waals surface area contributed by atoms with E-state index in [1.54, 1.807) is 0 Å². The average Bonchev–Trinajstić information content (AvgIpc) is 2.93. The van der Waals surface area contributed by atoms with Crippen LogP contribution < -0.4 is 5.32 Å². The van der Waals surface area contributed by atoms with Gasteiger partial charge in [-0.1, -0.05) is 47.1 Å². The van der Waals surface area contributed by atoms with Gasteiger partial charge in [-0.05, 0) is 30.4 Å². The van der Waals surface area contributed by atoms with Crippen LogP contribution in [-0.2, 0) is 11.2 Å². The van der Waals surface area contributed by atoms with Crippen molar-refractivity contribution in [2.75, 3.05) is 11.9 Å². The van der Waals surface area contributed by atoms with Crippen LogP contribution in [0.1, 0.15) is 32.4 Å². The Kier molecular flexibility index (Phi) is 5.39. The van der Waals surface area contributed by atoms with Gasteiger partial charge in [-0.15, -0.1) is 0 Å². The molecule has 5 heteroatoms. The predicted octanol–water partition coefficient (Wildman–Crippen LogP) is 3.69. The third-order valence-corrected chi connectivity index (χ3v) is 5.41. The number of carbonyl (C=O) groups excluding carboxylic acids is 1. The first kappa shape index (κ1) is 16.0. The van der Waals surface area contributed by atoms with E-state index in [4.69, 9.17) is 4.52 Å². The lowest BCUT2D eigenvalue weighted by atomic mass is 9.84. The van der Waals surface area contributed by atoms with Crippen LogP contribution in [0, 0.1) is 5.41 Å². The second kappa shape index (κ2) is 7.07. The summed E-state index contributed by atoms with van der Waals surface area (Å²) >= 11 is 3.56. The number of hydrogen-bond donors (Lipinski definition) is 1. The summed E-state index contributed by atoms with van der Waals surface area (Å²) in [4.78, 5) is 12.1. The van der Waals surface area contributed by atoms with E-state index in [0.29, 0.717) is 12.2 Å². The number of aromatic nitrogens is 1. The topological polar surface area (TPSA) is 55.1 Å². The molecule has 114 valence electrons. The van der Waals surface area contributed by atoms with Crippen molar-refractivity contribution in [1.29, 1.82) is 0 Å². The number of nitrogens with zero attached hydrogens (tertiary/aromatic N) is 1. The Labute approximate surface area is 133 Å². The zero-order valence-electron chi connectivity index (χ0n) is 12.5. The minimum absolute atomic E-state index is 0.0127. The van der Waals surface area contributed by atoms with Gasteiger partial charge in [0.2, 0.25) is 5.91 Å². The molecule has 2 rings (SSSR count). The van der Waals surface area contributed by atoms with Crippen LogP contribution >= 0.6 is 15.9 Å². The van der Waals surface area contributed by atoms with Gasteiger partial charge in [0.25, 0.3) is 0 Å². The molecule has 1 amide bonds. The van der Waals surface area contributed by atoms with E-state index in [-0.39, 0.29) is 17.7 Å². The Morgan fingerprint density at radius 3 is 2.71 bits per heavy atom. The lowest BCUT2D eigenvalue weighted by Crippen LogP contribution is -2.38. The number of fused-ring (bicyclic) bond motifs is 1. The van der Waals surface area contributed by atoms with E-state index in [9.17, 15) is 4.79 Å². The highest BCUT2D eigenvalue weighted by Crippen LogP contribution is 2.27. The normalized spacial score (nSPS) is 11.8. The first-order valence-corrected chi connectivity index (χ1v) is 8.42. The van der Waals surface area contributed by atoms with Gasteiger partial charge in [0.05, 0.1) is 6.42 Å². The van der Waals surface area contributed by atoms with E-state index in [2.05, 4.69) is 40.3 Å². The summed E-state index contributed by atoms with van der Waals surface area (Å²) in [7, 11) is 0. The van der Waals surface area contributed by atoms with E-state index in [1.807, 2.05) is 24.3 Å². The summed E-state index contributed by atoms with van der Waals surface area (Å²) in [6.07, 6.45) is 2.31. The molecule has 2 aromatic rings. The summed E-state index contributed by atoms with van der Waals surface area (Å²) in [5.41, 5.74) is 1.54. The van der Waals surface area contributed by atoms with Gasteiger partial charge in [0.15, 0.2) is 5.58 Å². The molecular formula is C16H21BrN2O2. The number of nitrogens with one attached hydrogen (secondary N) is 1. The molecular weight excluding hydrogens is 332 g/mol. The molecule has 0 saturated heterocycles. The van der Waals surface area contributed by atoms with Gasteiger partial charge in [0.1, 0.15) is 5.69 Å². The number of rotatable bonds is 7. The molecule has 0 bridgehead atoms. The largest absolute Gasteiger partial charge is 0.356 e. The van der Waals surface area contributed by atoms with Crippen LogP contribution in [0.4, 0.5) is 0 Å². The van der Waals surface area contributed by atoms with Crippen molar-refractivity contribution < 1.29 is 9.32 Å². The molecule has 1 heterocycles. The van der Waals surface area contributed by atoms with E-state index >= 15 is 0 Å². The predicted molar refractivity (Wildman–Crippen MR) is 87.5 cm³/mol. The summed E-state index contributed by atoms with van der Waals surface area (Å²) < 4.78 is 5.22. The molecule has 0 aliphatic carbocycles. The van der Waals surface area contributed by atoms with Crippen LogP contribution in [0.2, 0.25) is 0 Å². The van der Waals surface area contributed by atoms with Crippen LogP contribution in [-0.4, -0.2) is 22.9 Å². The third-order valence-electron chi connectivity index (χ3n) is 4.22. The smallest absolute Gasteiger partial charge is 0.226 e. The Bertz CT molecular complexity index is 597. The van der Waals surface area contributed by atoms with Crippen molar-refractivity contribution in [3.8, 4) is 0 Å². The molecule has 0 atom stereocenters. The second-order valence-electron chi connectivity index (χ2n) is 5.42. The number of halogens is 1. The maximum atomic E-state index is 12.1. The molecule has 0 saturated carbocycles. The molecule has 1 aromatic carbocycles. The molecule has 0 radical (unpaired) electrons. The molecule has 1 N–H and O–H groups in total. The lowest BCUT2D eigenvalue weighted by molar-refractivity contribution is -0.121. The fourth-order valence-electron chi connectivity index (χ4n) is 2.30. The Morgan fingerprint density at radius 2 is 2.05 bits per heavy atom. The van der Waals surface area contributed by atoms with E-state index < -0.39 is 0 Å². The summed E-state index contributed by atoms with van der Waals surface area (Å²) in [6.45, 7) is 4.99. The standard InChI is InChI=1S/C16H21BrN2O2/c1-3-16(4-2,10-17)11-18-15(20)9-13-12-7-5-6-8-14(12)21-19-13/h5-8H,3-4,9-11H2,1-2H3,(H,18,20). The summed E-state index contributed by atoms with van der Waals surface area (Å²) in [6, 6.07) is 7.60. The highest BCUT2D eigenvalue weighted by molar-refractivity contribution is 9.09. The van der Waals surface area contributed by atoms with Crippen LogP contribution in [0.5, 0.6) is 0 Å². The SMILES string of the molecule is CCC(CC)(CBr)CNC(=O)Cc1noc2ccccc12. The van der Waals surface area contributed by atoms with Crippen LogP contribution in [0.3, 0.4) is 0 Å². The first-order valence-electron chi connectivity index (χ1n) is 7.30. The van der Waals surface area contributed by atoms with Crippen molar-refractivity contribution in [2.24, 2.45) is 5.41 Å². The van der Waals surface area contributed by atoms with Crippen molar-refractivity contribution in [1.82, 2.24) is 10.5 Å². The number of amides is 1. The summed E-state index contributed by atoms with van der Waals surface area (Å²) in [5.74, 6) is -0.0127. The lowest BCUT2D eigenvalue weighted by Gasteiger charge is -2.29. The van der Waals surface area contributed by atoms with E-state index in [0.717, 1.165) is 29.1 Å². The molecule has 21 heavy (non-hydrogen) atoms. The molecule has 0 aliphatic heterocycles. The van der Waals surface area contributed by atoms with Gasteiger partial charge in [-0.3, -0.25) is 4.79 Å². The molecule has 0 aliphatic rings.